The van der Waals surface area contributed by atoms with E-state index in [4.69, 9.17) is 11.0 Å². The molecule has 1 fully saturated rings. The molecule has 0 aromatic heterocycles. The molecule has 0 heterocycles. The van der Waals surface area contributed by atoms with Crippen LogP contribution in [0.2, 0.25) is 0 Å². The lowest BCUT2D eigenvalue weighted by molar-refractivity contribution is -0.135. The molecule has 1 aliphatic carbocycles. The number of nitrogens with zero attached hydrogens (tertiary/aromatic N) is 2. The topological polar surface area (TPSA) is 99.2 Å². The largest absolute Gasteiger partial charge is 0.369 e. The van der Waals surface area contributed by atoms with Gasteiger partial charge in [-0.15, -0.1) is 0 Å². The van der Waals surface area contributed by atoms with Gasteiger partial charge in [0.15, 0.2) is 0 Å². The third-order valence-electron chi connectivity index (χ3n) is 3.81. The normalized spacial score (nSPS) is 23.9. The number of hydrogen-bond donors (Lipinski definition) is 2. The van der Waals surface area contributed by atoms with Crippen molar-refractivity contribution in [2.24, 2.45) is 17.6 Å². The van der Waals surface area contributed by atoms with Crippen LogP contribution in [0.1, 0.15) is 32.1 Å². The van der Waals surface area contributed by atoms with E-state index in [1.165, 1.54) is 0 Å². The maximum absolute atomic E-state index is 12.2. The molecular weight excluding hydrogens is 256 g/mol. The summed E-state index contributed by atoms with van der Waals surface area (Å²) in [5.41, 5.74) is 5.37. The summed E-state index contributed by atoms with van der Waals surface area (Å²) in [5.74, 6) is -1.39. The molecule has 20 heavy (non-hydrogen) atoms. The van der Waals surface area contributed by atoms with Crippen molar-refractivity contribution in [1.82, 2.24) is 10.2 Å². The number of nitrogens with two attached hydrogens (primary N) is 1. The van der Waals surface area contributed by atoms with Crippen molar-refractivity contribution in [2.45, 2.75) is 38.1 Å². The van der Waals surface area contributed by atoms with Crippen LogP contribution in [0.4, 0.5) is 0 Å². The van der Waals surface area contributed by atoms with Crippen LogP contribution in [-0.4, -0.2) is 43.4 Å². The van der Waals surface area contributed by atoms with E-state index in [1.807, 2.05) is 19.0 Å². The summed E-state index contributed by atoms with van der Waals surface area (Å²) in [6.45, 7) is 0.725. The number of hydrogen-bond acceptors (Lipinski definition) is 4. The summed E-state index contributed by atoms with van der Waals surface area (Å²) in [6.07, 6.45) is 3.77. The van der Waals surface area contributed by atoms with Crippen molar-refractivity contribution >= 4 is 11.8 Å². The van der Waals surface area contributed by atoms with Gasteiger partial charge in [0.25, 0.3) is 0 Å². The van der Waals surface area contributed by atoms with Crippen LogP contribution in [0.5, 0.6) is 0 Å². The molecule has 0 aromatic rings. The smallest absolute Gasteiger partial charge is 0.224 e. The molecular formula is C14H24N4O2. The van der Waals surface area contributed by atoms with E-state index in [2.05, 4.69) is 11.4 Å². The molecule has 0 unspecified atom stereocenters. The molecule has 0 bridgehead atoms. The van der Waals surface area contributed by atoms with E-state index in [9.17, 15) is 9.59 Å². The fraction of sp³-hybridized carbons (Fsp3) is 0.786. The monoisotopic (exact) mass is 280 g/mol. The van der Waals surface area contributed by atoms with E-state index in [1.54, 1.807) is 0 Å². The lowest BCUT2D eigenvalue weighted by Gasteiger charge is -2.29. The minimum absolute atomic E-state index is 0.209. The first-order valence-electron chi connectivity index (χ1n) is 7.09. The predicted molar refractivity (Wildman–Crippen MR) is 75.4 cm³/mol. The number of nitrogens with one attached hydrogen (secondary N) is 1. The van der Waals surface area contributed by atoms with E-state index in [0.29, 0.717) is 19.3 Å². The zero-order chi connectivity index (χ0) is 15.1. The predicted octanol–water partition coefficient (Wildman–Crippen LogP) is 0.238. The number of nitriles is 1. The van der Waals surface area contributed by atoms with Gasteiger partial charge in [-0.05, 0) is 33.4 Å². The van der Waals surface area contributed by atoms with E-state index in [-0.39, 0.29) is 11.8 Å². The van der Waals surface area contributed by atoms with Crippen LogP contribution in [0.25, 0.3) is 0 Å². The number of carbonyl (C=O) groups is 2. The Morgan fingerprint density at radius 1 is 1.35 bits per heavy atom. The molecule has 1 aliphatic rings. The third-order valence-corrected chi connectivity index (χ3v) is 3.81. The van der Waals surface area contributed by atoms with Gasteiger partial charge in [0.05, 0.1) is 6.07 Å². The van der Waals surface area contributed by atoms with Gasteiger partial charge in [-0.3, -0.25) is 9.59 Å². The Hall–Kier alpha value is -1.61. The summed E-state index contributed by atoms with van der Waals surface area (Å²) in [5, 5.41) is 11.8. The van der Waals surface area contributed by atoms with Gasteiger partial charge < -0.3 is 16.0 Å². The Bertz CT molecular complexity index is 389. The van der Waals surface area contributed by atoms with Crippen molar-refractivity contribution in [2.75, 3.05) is 20.6 Å². The number of amides is 2. The number of carbonyl (C=O) groups excluding carboxylic acids is 2. The summed E-state index contributed by atoms with van der Waals surface area (Å²) in [7, 11) is 3.83. The molecule has 0 aliphatic heterocycles. The minimum Gasteiger partial charge on any atom is -0.369 e. The first-order valence-corrected chi connectivity index (χ1v) is 7.09. The third kappa shape index (κ3) is 4.82. The van der Waals surface area contributed by atoms with Crippen molar-refractivity contribution in [3.05, 3.63) is 0 Å². The molecule has 0 radical (unpaired) electrons. The van der Waals surface area contributed by atoms with Crippen molar-refractivity contribution in [3.8, 4) is 6.07 Å². The van der Waals surface area contributed by atoms with Crippen molar-refractivity contribution in [3.63, 3.8) is 0 Å². The maximum Gasteiger partial charge on any atom is 0.224 e. The summed E-state index contributed by atoms with van der Waals surface area (Å²) in [6, 6.07) is 1.58. The first kappa shape index (κ1) is 16.4. The summed E-state index contributed by atoms with van der Waals surface area (Å²) >= 11 is 0. The number of rotatable bonds is 6. The Balaban J connectivity index is 2.58. The highest BCUT2D eigenvalue weighted by Gasteiger charge is 2.35. The van der Waals surface area contributed by atoms with Crippen molar-refractivity contribution < 1.29 is 9.59 Å². The lowest BCUT2D eigenvalue weighted by Crippen LogP contribution is -2.45. The molecule has 112 valence electrons. The van der Waals surface area contributed by atoms with Gasteiger partial charge in [-0.25, -0.2) is 0 Å². The highest BCUT2D eigenvalue weighted by atomic mass is 16.2. The molecule has 6 nitrogen and oxygen atoms in total. The molecule has 6 heteroatoms. The average Bonchev–Trinajstić information content (AvgIpc) is 2.42. The maximum atomic E-state index is 12.2. The second-order valence-electron chi connectivity index (χ2n) is 5.68. The van der Waals surface area contributed by atoms with Gasteiger partial charge in [0, 0.05) is 18.4 Å². The van der Waals surface area contributed by atoms with Gasteiger partial charge in [-0.1, -0.05) is 12.8 Å². The molecule has 1 saturated carbocycles. The molecule has 0 saturated heterocycles. The van der Waals surface area contributed by atoms with Crippen LogP contribution in [0.3, 0.4) is 0 Å². The Morgan fingerprint density at radius 2 is 1.95 bits per heavy atom. The van der Waals surface area contributed by atoms with Gasteiger partial charge in [-0.2, -0.15) is 5.26 Å². The zero-order valence-electron chi connectivity index (χ0n) is 12.3. The van der Waals surface area contributed by atoms with E-state index >= 15 is 0 Å². The second kappa shape index (κ2) is 7.85. The van der Waals surface area contributed by atoms with Crippen LogP contribution >= 0.6 is 0 Å². The molecule has 3 N–H and O–H groups in total. The van der Waals surface area contributed by atoms with E-state index in [0.717, 1.165) is 19.4 Å². The fourth-order valence-corrected chi connectivity index (χ4v) is 2.62. The minimum atomic E-state index is -0.514. The Kier molecular flexibility index (Phi) is 6.46. The second-order valence-corrected chi connectivity index (χ2v) is 5.68. The van der Waals surface area contributed by atoms with Crippen LogP contribution in [-0.2, 0) is 9.59 Å². The molecule has 2 amide bonds. The fourth-order valence-electron chi connectivity index (χ4n) is 2.62. The highest BCUT2D eigenvalue weighted by molar-refractivity contribution is 5.87. The highest BCUT2D eigenvalue weighted by Crippen LogP contribution is 2.30. The van der Waals surface area contributed by atoms with Gasteiger partial charge >= 0.3 is 0 Å². The van der Waals surface area contributed by atoms with Crippen LogP contribution < -0.4 is 11.1 Å². The quantitative estimate of drug-likeness (QED) is 0.728. The van der Waals surface area contributed by atoms with E-state index < -0.39 is 17.9 Å². The Labute approximate surface area is 120 Å². The zero-order valence-corrected chi connectivity index (χ0v) is 12.3. The molecule has 0 aromatic carbocycles. The average molecular weight is 280 g/mol. The van der Waals surface area contributed by atoms with Crippen LogP contribution in [0, 0.1) is 23.2 Å². The van der Waals surface area contributed by atoms with Gasteiger partial charge in [0.1, 0.15) is 6.04 Å². The van der Waals surface area contributed by atoms with Gasteiger partial charge in [0.2, 0.25) is 11.8 Å². The van der Waals surface area contributed by atoms with Crippen LogP contribution in [0.15, 0.2) is 0 Å². The first-order chi connectivity index (χ1) is 9.45. The Morgan fingerprint density at radius 3 is 2.45 bits per heavy atom. The molecule has 3 atom stereocenters. The summed E-state index contributed by atoms with van der Waals surface area (Å²) in [4.78, 5) is 25.6. The number of primary amides is 1. The molecule has 1 rings (SSSR count). The summed E-state index contributed by atoms with van der Waals surface area (Å²) < 4.78 is 0. The lowest BCUT2D eigenvalue weighted by atomic mass is 9.78. The SMILES string of the molecule is CN(C)CC[C@@H](C#N)NC(=O)[C@@H]1CCCC[C@@H]1C(N)=O. The standard InChI is InChI=1S/C14H24N4O2/c1-18(2)8-7-10(9-15)17-14(20)12-6-4-3-5-11(12)13(16)19/h10-12H,3-8H2,1-2H3,(H2,16,19)(H,17,20)/t10-,11-,12+/m0/s1. The molecule has 0 spiro atoms. The van der Waals surface area contributed by atoms with Crippen molar-refractivity contribution in [1.29, 1.82) is 5.26 Å².